The molecule has 0 radical (unpaired) electrons. The summed E-state index contributed by atoms with van der Waals surface area (Å²) in [4.78, 5) is 34.7. The number of rotatable bonds is 4. The highest BCUT2D eigenvalue weighted by atomic mass is 16.2. The zero-order valence-electron chi connectivity index (χ0n) is 18.9. The summed E-state index contributed by atoms with van der Waals surface area (Å²) in [6.45, 7) is 3.65. The summed E-state index contributed by atoms with van der Waals surface area (Å²) in [5, 5.41) is 7.45. The average molecular weight is 445 g/mol. The van der Waals surface area contributed by atoms with E-state index in [4.69, 9.17) is 0 Å². The van der Waals surface area contributed by atoms with Gasteiger partial charge in [0.15, 0.2) is 5.82 Å². The van der Waals surface area contributed by atoms with Crippen LogP contribution in [0.3, 0.4) is 0 Å². The van der Waals surface area contributed by atoms with Crippen molar-refractivity contribution in [1.29, 1.82) is 0 Å². The maximum Gasteiger partial charge on any atom is 0.256 e. The first-order valence-electron chi connectivity index (χ1n) is 11.3. The lowest BCUT2D eigenvalue weighted by atomic mass is 9.76. The first-order valence-corrected chi connectivity index (χ1v) is 11.3. The van der Waals surface area contributed by atoms with Crippen LogP contribution in [0.25, 0.3) is 5.82 Å². The second-order valence-corrected chi connectivity index (χ2v) is 9.11. The number of hydrogen-bond donors (Lipinski definition) is 1. The number of nitrogens with one attached hydrogen (secondary N) is 1. The molecule has 0 unspecified atom stereocenters. The Hall–Kier alpha value is -3.52. The lowest BCUT2D eigenvalue weighted by Gasteiger charge is -2.44. The third-order valence-electron chi connectivity index (χ3n) is 6.81. The molecule has 0 aliphatic carbocycles. The van der Waals surface area contributed by atoms with Crippen LogP contribution in [0, 0.1) is 5.92 Å². The van der Waals surface area contributed by atoms with Crippen LogP contribution >= 0.6 is 0 Å². The van der Waals surface area contributed by atoms with Crippen molar-refractivity contribution in [3.8, 4) is 5.82 Å². The average Bonchev–Trinajstić information content (AvgIpc) is 3.45. The SMILES string of the molecule is CC(=O)N[C@@]12CN(C)CC[C@@H]1[C@@H](c1ccccc1)N(C(=O)c1ccc(-n3cccn3)nc1)C2. The van der Waals surface area contributed by atoms with Crippen LogP contribution in [0.4, 0.5) is 0 Å². The van der Waals surface area contributed by atoms with Gasteiger partial charge in [0.05, 0.1) is 17.1 Å². The molecule has 2 aromatic heterocycles. The fourth-order valence-electron chi connectivity index (χ4n) is 5.56. The molecule has 4 heterocycles. The Labute approximate surface area is 193 Å². The monoisotopic (exact) mass is 444 g/mol. The fourth-order valence-corrected chi connectivity index (χ4v) is 5.56. The van der Waals surface area contributed by atoms with Gasteiger partial charge in [-0.25, -0.2) is 9.67 Å². The van der Waals surface area contributed by atoms with E-state index in [0.717, 1.165) is 18.5 Å². The molecule has 3 aromatic rings. The molecule has 33 heavy (non-hydrogen) atoms. The predicted molar refractivity (Wildman–Crippen MR) is 124 cm³/mol. The number of hydrogen-bond acceptors (Lipinski definition) is 5. The van der Waals surface area contributed by atoms with Crippen molar-refractivity contribution < 1.29 is 9.59 Å². The summed E-state index contributed by atoms with van der Waals surface area (Å²) in [5.41, 5.74) is 1.13. The van der Waals surface area contributed by atoms with Gasteiger partial charge >= 0.3 is 0 Å². The van der Waals surface area contributed by atoms with Gasteiger partial charge < -0.3 is 15.1 Å². The summed E-state index contributed by atoms with van der Waals surface area (Å²) in [6.07, 6.45) is 6.01. The van der Waals surface area contributed by atoms with Crippen LogP contribution in [0.1, 0.15) is 35.3 Å². The van der Waals surface area contributed by atoms with E-state index < -0.39 is 5.54 Å². The van der Waals surface area contributed by atoms with Crippen LogP contribution in [-0.2, 0) is 4.79 Å². The van der Waals surface area contributed by atoms with Crippen molar-refractivity contribution in [2.75, 3.05) is 26.7 Å². The van der Waals surface area contributed by atoms with Gasteiger partial charge in [-0.1, -0.05) is 30.3 Å². The van der Waals surface area contributed by atoms with Crippen molar-refractivity contribution in [3.63, 3.8) is 0 Å². The van der Waals surface area contributed by atoms with Crippen LogP contribution in [0.5, 0.6) is 0 Å². The van der Waals surface area contributed by atoms with E-state index >= 15 is 0 Å². The summed E-state index contributed by atoms with van der Waals surface area (Å²) in [5.74, 6) is 0.634. The zero-order valence-corrected chi connectivity index (χ0v) is 18.9. The largest absolute Gasteiger partial charge is 0.347 e. The molecular weight excluding hydrogens is 416 g/mol. The van der Waals surface area contributed by atoms with Gasteiger partial charge in [0.25, 0.3) is 5.91 Å². The molecule has 3 atom stereocenters. The van der Waals surface area contributed by atoms with E-state index in [1.54, 1.807) is 36.1 Å². The van der Waals surface area contributed by atoms with Gasteiger partial charge in [-0.15, -0.1) is 0 Å². The number of carbonyl (C=O) groups excluding carboxylic acids is 2. The van der Waals surface area contributed by atoms with Crippen molar-refractivity contribution >= 4 is 11.8 Å². The summed E-state index contributed by atoms with van der Waals surface area (Å²) in [7, 11) is 2.07. The molecule has 0 bridgehead atoms. The molecule has 2 amide bonds. The minimum absolute atomic E-state index is 0.0679. The van der Waals surface area contributed by atoms with Gasteiger partial charge in [-0.3, -0.25) is 9.59 Å². The molecule has 0 spiro atoms. The Kier molecular flexibility index (Phi) is 5.46. The first kappa shape index (κ1) is 21.3. The van der Waals surface area contributed by atoms with Crippen molar-refractivity contribution in [2.45, 2.75) is 24.9 Å². The summed E-state index contributed by atoms with van der Waals surface area (Å²) >= 11 is 0. The van der Waals surface area contributed by atoms with E-state index in [2.05, 4.69) is 39.5 Å². The standard InChI is InChI=1S/C25H28N6O2/c1-18(32)28-25-16-29(2)14-11-21(25)23(19-7-4-3-5-8-19)30(17-25)24(33)20-9-10-22(26-15-20)31-13-6-12-27-31/h3-10,12-13,15,21,23H,11,14,16-17H2,1-2H3,(H,28,32)/t21-,23-,25-/m1/s1. The normalized spacial score (nSPS) is 25.0. The van der Waals surface area contributed by atoms with Crippen LogP contribution in [0.2, 0.25) is 0 Å². The zero-order chi connectivity index (χ0) is 23.0. The maximum absolute atomic E-state index is 13.8. The molecule has 8 nitrogen and oxygen atoms in total. The van der Waals surface area contributed by atoms with Gasteiger partial charge in [0.2, 0.25) is 5.91 Å². The van der Waals surface area contributed by atoms with Crippen molar-refractivity contribution in [2.24, 2.45) is 5.92 Å². The molecule has 2 aliphatic heterocycles. The number of likely N-dealkylation sites (tertiary alicyclic amines) is 2. The highest BCUT2D eigenvalue weighted by molar-refractivity contribution is 5.95. The van der Waals surface area contributed by atoms with Gasteiger partial charge in [-0.2, -0.15) is 5.10 Å². The fraction of sp³-hybridized carbons (Fsp3) is 0.360. The Bertz CT molecular complexity index is 1130. The molecule has 2 fully saturated rings. The third-order valence-corrected chi connectivity index (χ3v) is 6.81. The lowest BCUT2D eigenvalue weighted by Crippen LogP contribution is -2.63. The summed E-state index contributed by atoms with van der Waals surface area (Å²) in [6, 6.07) is 15.5. The number of likely N-dealkylation sites (N-methyl/N-ethyl adjacent to an activating group) is 1. The number of piperidine rings is 1. The number of aromatic nitrogens is 3. The maximum atomic E-state index is 13.8. The second kappa shape index (κ2) is 8.44. The Morgan fingerprint density at radius 1 is 1.09 bits per heavy atom. The van der Waals surface area contributed by atoms with Crippen LogP contribution in [0.15, 0.2) is 67.1 Å². The highest BCUT2D eigenvalue weighted by Gasteiger charge is 2.56. The van der Waals surface area contributed by atoms with E-state index in [1.165, 1.54) is 0 Å². The first-order chi connectivity index (χ1) is 16.0. The third kappa shape index (κ3) is 3.91. The van der Waals surface area contributed by atoms with Crippen LogP contribution < -0.4 is 5.32 Å². The van der Waals surface area contributed by atoms with Gasteiger partial charge in [0.1, 0.15) is 0 Å². The molecule has 8 heteroatoms. The number of nitrogens with zero attached hydrogens (tertiary/aromatic N) is 5. The number of pyridine rings is 1. The highest BCUT2D eigenvalue weighted by Crippen LogP contribution is 2.47. The van der Waals surface area contributed by atoms with E-state index in [9.17, 15) is 9.59 Å². The Morgan fingerprint density at radius 3 is 2.58 bits per heavy atom. The van der Waals surface area contributed by atoms with Crippen LogP contribution in [-0.4, -0.2) is 68.6 Å². The smallest absolute Gasteiger partial charge is 0.256 e. The van der Waals surface area contributed by atoms with Crippen molar-refractivity contribution in [3.05, 3.63) is 78.2 Å². The number of fused-ring (bicyclic) bond motifs is 1. The molecule has 170 valence electrons. The molecular formula is C25H28N6O2. The minimum Gasteiger partial charge on any atom is -0.347 e. The Balaban J connectivity index is 1.52. The van der Waals surface area contributed by atoms with E-state index in [0.29, 0.717) is 24.5 Å². The molecule has 1 aromatic carbocycles. The number of amides is 2. The predicted octanol–water partition coefficient (Wildman–Crippen LogP) is 2.29. The minimum atomic E-state index is -0.489. The van der Waals surface area contributed by atoms with Gasteiger partial charge in [0, 0.05) is 44.5 Å². The molecule has 0 saturated carbocycles. The number of carbonyl (C=O) groups is 2. The lowest BCUT2D eigenvalue weighted by molar-refractivity contribution is -0.122. The van der Waals surface area contributed by atoms with Crippen molar-refractivity contribution in [1.82, 2.24) is 29.9 Å². The second-order valence-electron chi connectivity index (χ2n) is 9.11. The Morgan fingerprint density at radius 2 is 1.91 bits per heavy atom. The molecule has 2 saturated heterocycles. The van der Waals surface area contributed by atoms with E-state index in [-0.39, 0.29) is 23.8 Å². The van der Waals surface area contributed by atoms with Gasteiger partial charge in [-0.05, 0) is 43.8 Å². The molecule has 1 N–H and O–H groups in total. The topological polar surface area (TPSA) is 83.4 Å². The molecule has 2 aliphatic rings. The number of benzene rings is 1. The summed E-state index contributed by atoms with van der Waals surface area (Å²) < 4.78 is 1.66. The van der Waals surface area contributed by atoms with E-state index in [1.807, 2.05) is 35.4 Å². The molecule has 5 rings (SSSR count). The quantitative estimate of drug-likeness (QED) is 0.668.